The quantitative estimate of drug-likeness (QED) is 0.439. The van der Waals surface area contributed by atoms with E-state index in [-0.39, 0.29) is 0 Å². The second kappa shape index (κ2) is 9.05. The van der Waals surface area contributed by atoms with Gasteiger partial charge in [-0.05, 0) is 95.6 Å². The molecule has 164 valence electrons. The van der Waals surface area contributed by atoms with E-state index in [1.54, 1.807) is 5.56 Å². The van der Waals surface area contributed by atoms with Gasteiger partial charge in [-0.3, -0.25) is 0 Å². The predicted octanol–water partition coefficient (Wildman–Crippen LogP) is 5.75. The molecule has 0 fully saturated rings. The molecule has 1 unspecified atom stereocenters. The van der Waals surface area contributed by atoms with Crippen LogP contribution in [0.1, 0.15) is 34.7 Å². The van der Waals surface area contributed by atoms with E-state index in [0.717, 1.165) is 19.4 Å². The van der Waals surface area contributed by atoms with Gasteiger partial charge in [0, 0.05) is 12.1 Å². The zero-order chi connectivity index (χ0) is 22.1. The molecule has 4 aromatic rings. The van der Waals surface area contributed by atoms with Crippen LogP contribution in [-0.4, -0.2) is 25.7 Å². The highest BCUT2D eigenvalue weighted by Gasteiger charge is 2.21. The van der Waals surface area contributed by atoms with Crippen molar-refractivity contribution >= 4 is 21.5 Å². The lowest BCUT2D eigenvalue weighted by atomic mass is 9.83. The molecule has 2 aliphatic rings. The molecule has 2 nitrogen and oxygen atoms in total. The highest BCUT2D eigenvalue weighted by molar-refractivity contribution is 5.91. The van der Waals surface area contributed by atoms with Gasteiger partial charge in [0.15, 0.2) is 0 Å². The Morgan fingerprint density at radius 2 is 1.25 bits per heavy atom. The fraction of sp³-hybridized carbons (Fsp3) is 0.333. The third-order valence-corrected chi connectivity index (χ3v) is 7.30. The van der Waals surface area contributed by atoms with E-state index in [1.165, 1.54) is 56.6 Å². The van der Waals surface area contributed by atoms with Gasteiger partial charge >= 0.3 is 0 Å². The maximum atomic E-state index is 3.60. The summed E-state index contributed by atoms with van der Waals surface area (Å²) in [7, 11) is 2.05. The Balaban J connectivity index is 0.000000136. The molecule has 0 spiro atoms. The molecular formula is C30H34N2. The first-order valence-electron chi connectivity index (χ1n) is 12.1. The van der Waals surface area contributed by atoms with Crippen molar-refractivity contribution < 1.29 is 0 Å². The van der Waals surface area contributed by atoms with Gasteiger partial charge in [0.1, 0.15) is 0 Å². The minimum absolute atomic E-state index is 0.602. The van der Waals surface area contributed by atoms with Crippen LogP contribution in [0.3, 0.4) is 0 Å². The lowest BCUT2D eigenvalue weighted by molar-refractivity contribution is 0.515. The van der Waals surface area contributed by atoms with Crippen LogP contribution in [0.2, 0.25) is 0 Å². The molecule has 0 amide bonds. The summed E-state index contributed by atoms with van der Waals surface area (Å²) in [6, 6.07) is 25.7. The van der Waals surface area contributed by atoms with E-state index < -0.39 is 0 Å². The number of hydrogen-bond donors (Lipinski definition) is 2. The van der Waals surface area contributed by atoms with Crippen molar-refractivity contribution in [2.45, 2.75) is 51.6 Å². The van der Waals surface area contributed by atoms with Gasteiger partial charge in [0.05, 0.1) is 0 Å². The van der Waals surface area contributed by atoms with Crippen molar-refractivity contribution in [1.29, 1.82) is 0 Å². The summed E-state index contributed by atoms with van der Waals surface area (Å²) in [6.45, 7) is 5.48. The molecule has 6 rings (SSSR count). The third kappa shape index (κ3) is 3.94. The fourth-order valence-electron chi connectivity index (χ4n) is 5.74. The highest BCUT2D eigenvalue weighted by Crippen LogP contribution is 2.32. The largest absolute Gasteiger partial charge is 0.316 e. The zero-order valence-electron chi connectivity index (χ0n) is 19.5. The Morgan fingerprint density at radius 1 is 0.688 bits per heavy atom. The summed E-state index contributed by atoms with van der Waals surface area (Å²) in [6.07, 6.45) is 4.66. The summed E-state index contributed by atoms with van der Waals surface area (Å²) < 4.78 is 0. The van der Waals surface area contributed by atoms with Crippen LogP contribution < -0.4 is 10.6 Å². The standard InChI is InChI=1S/C16H19N.C14H15N/c1-3-17-14-9-13-6-4-5-12-8-7-11(2)15(10-14)16(12)13;1-15-13-8-11-6-2-4-10-5-3-7-12(9-13)14(10)11/h4-8,14,17H,3,9-10H2,1-2H3;2-7,13,15H,8-9H2,1H3. The van der Waals surface area contributed by atoms with Crippen molar-refractivity contribution in [2.75, 3.05) is 13.6 Å². The van der Waals surface area contributed by atoms with E-state index in [9.17, 15) is 0 Å². The normalized spacial score (nSPS) is 17.3. The molecule has 32 heavy (non-hydrogen) atoms. The molecule has 2 N–H and O–H groups in total. The van der Waals surface area contributed by atoms with Gasteiger partial charge in [-0.1, -0.05) is 73.7 Å². The van der Waals surface area contributed by atoms with Gasteiger partial charge in [-0.2, -0.15) is 0 Å². The molecule has 4 aromatic carbocycles. The number of likely N-dealkylation sites (N-methyl/N-ethyl adjacent to an activating group) is 2. The Hall–Kier alpha value is -2.68. The van der Waals surface area contributed by atoms with Crippen LogP contribution in [-0.2, 0) is 25.7 Å². The van der Waals surface area contributed by atoms with E-state index in [4.69, 9.17) is 0 Å². The first kappa shape index (κ1) is 21.2. The topological polar surface area (TPSA) is 24.1 Å². The van der Waals surface area contributed by atoms with Crippen LogP contribution in [0.5, 0.6) is 0 Å². The Morgan fingerprint density at radius 3 is 1.84 bits per heavy atom. The Kier molecular flexibility index (Phi) is 5.99. The van der Waals surface area contributed by atoms with Crippen LogP contribution in [0.4, 0.5) is 0 Å². The van der Waals surface area contributed by atoms with E-state index in [0.29, 0.717) is 12.1 Å². The van der Waals surface area contributed by atoms with Crippen LogP contribution in [0, 0.1) is 6.92 Å². The van der Waals surface area contributed by atoms with Gasteiger partial charge in [-0.15, -0.1) is 0 Å². The van der Waals surface area contributed by atoms with Gasteiger partial charge in [-0.25, -0.2) is 0 Å². The maximum Gasteiger partial charge on any atom is 0.0148 e. The van der Waals surface area contributed by atoms with Gasteiger partial charge in [0.2, 0.25) is 0 Å². The molecule has 2 heteroatoms. The van der Waals surface area contributed by atoms with E-state index in [1.807, 2.05) is 0 Å². The molecule has 0 saturated carbocycles. The zero-order valence-corrected chi connectivity index (χ0v) is 19.5. The first-order valence-corrected chi connectivity index (χ1v) is 12.1. The van der Waals surface area contributed by atoms with Crippen LogP contribution >= 0.6 is 0 Å². The molecule has 2 aliphatic carbocycles. The summed E-state index contributed by atoms with van der Waals surface area (Å²) in [5.41, 5.74) is 7.49. The van der Waals surface area contributed by atoms with Crippen LogP contribution in [0.25, 0.3) is 21.5 Å². The molecule has 0 saturated heterocycles. The van der Waals surface area contributed by atoms with Gasteiger partial charge < -0.3 is 10.6 Å². The van der Waals surface area contributed by atoms with Crippen molar-refractivity contribution in [3.05, 3.63) is 94.5 Å². The Bertz CT molecular complexity index is 1220. The number of aryl methyl sites for hydroxylation is 1. The molecule has 1 atom stereocenters. The fourth-order valence-corrected chi connectivity index (χ4v) is 5.74. The number of nitrogens with one attached hydrogen (secondary N) is 2. The molecule has 0 heterocycles. The summed E-state index contributed by atoms with van der Waals surface area (Å²) in [5.74, 6) is 0. The van der Waals surface area contributed by atoms with Crippen molar-refractivity contribution in [2.24, 2.45) is 0 Å². The van der Waals surface area contributed by atoms with Gasteiger partial charge in [0.25, 0.3) is 0 Å². The summed E-state index contributed by atoms with van der Waals surface area (Å²) >= 11 is 0. The second-order valence-corrected chi connectivity index (χ2v) is 9.37. The van der Waals surface area contributed by atoms with Crippen LogP contribution in [0.15, 0.2) is 66.7 Å². The van der Waals surface area contributed by atoms with E-state index >= 15 is 0 Å². The average Bonchev–Trinajstić information content (AvgIpc) is 2.82. The predicted molar refractivity (Wildman–Crippen MR) is 138 cm³/mol. The number of hydrogen-bond acceptors (Lipinski definition) is 2. The average molecular weight is 423 g/mol. The molecule has 0 bridgehead atoms. The summed E-state index contributed by atoms with van der Waals surface area (Å²) in [4.78, 5) is 0. The monoisotopic (exact) mass is 422 g/mol. The third-order valence-electron chi connectivity index (χ3n) is 7.30. The molecule has 0 radical (unpaired) electrons. The van der Waals surface area contributed by atoms with Crippen molar-refractivity contribution in [3.63, 3.8) is 0 Å². The summed E-state index contributed by atoms with van der Waals surface area (Å²) in [5, 5.41) is 12.8. The minimum Gasteiger partial charge on any atom is -0.316 e. The lowest BCUT2D eigenvalue weighted by Crippen LogP contribution is -2.35. The van der Waals surface area contributed by atoms with E-state index in [2.05, 4.69) is 98.3 Å². The molecule has 0 aromatic heterocycles. The highest BCUT2D eigenvalue weighted by atomic mass is 14.9. The number of benzene rings is 4. The minimum atomic E-state index is 0.602. The SMILES string of the molecule is CCNC1Cc2cccc3ccc(C)c(c23)C1.CNC1Cc2cccc3cccc(c23)C1. The lowest BCUT2D eigenvalue weighted by Gasteiger charge is -2.27. The smallest absolute Gasteiger partial charge is 0.0148 e. The molecule has 0 aliphatic heterocycles. The van der Waals surface area contributed by atoms with Crippen molar-refractivity contribution in [1.82, 2.24) is 10.6 Å². The number of rotatable bonds is 3. The maximum absolute atomic E-state index is 3.60. The Labute approximate surface area is 192 Å². The molecular weight excluding hydrogens is 388 g/mol. The first-order chi connectivity index (χ1) is 15.7. The van der Waals surface area contributed by atoms with Crippen molar-refractivity contribution in [3.8, 4) is 0 Å². The second-order valence-electron chi connectivity index (χ2n) is 9.37.